The van der Waals surface area contributed by atoms with Crippen molar-refractivity contribution in [1.29, 1.82) is 0 Å². The van der Waals surface area contributed by atoms with E-state index in [4.69, 9.17) is 4.18 Å². The lowest BCUT2D eigenvalue weighted by atomic mass is 9.87. The van der Waals surface area contributed by atoms with Gasteiger partial charge in [-0.05, 0) is 101 Å². The number of nitro benzene ring substituents is 1. The first kappa shape index (κ1) is 43.2. The zero-order valence-electron chi connectivity index (χ0n) is 32.9. The van der Waals surface area contributed by atoms with Crippen LogP contribution in [0.3, 0.4) is 0 Å². The molecule has 0 fully saturated rings. The molecule has 0 aromatic heterocycles. The monoisotopic (exact) mass is 803 g/mol. The van der Waals surface area contributed by atoms with E-state index in [2.05, 4.69) is 135 Å². The van der Waals surface area contributed by atoms with Gasteiger partial charge in [0.05, 0.1) is 20.7 Å². The summed E-state index contributed by atoms with van der Waals surface area (Å²) in [6, 6.07) is 35.3. The molecule has 0 unspecified atom stereocenters. The van der Waals surface area contributed by atoms with Gasteiger partial charge in [0.25, 0.3) is 0 Å². The zero-order chi connectivity index (χ0) is 41.1. The number of hydrogen-bond donors (Lipinski definition) is 0. The van der Waals surface area contributed by atoms with Crippen molar-refractivity contribution in [2.45, 2.75) is 110 Å². The fourth-order valence-corrected chi connectivity index (χ4v) is 8.89. The second-order valence-electron chi connectivity index (χ2n) is 16.3. The van der Waals surface area contributed by atoms with Crippen LogP contribution in [-0.4, -0.2) is 26.3 Å². The molecule has 0 radical (unpaired) electrons. The SMILES string of the molecule is CC(C)(C)c1ccc([S+](c2ccc(C(C)(C)C)cc2)c2ccc(C(C)(C)C)cc2)cc1.Cc1ccc(S(=O)(=O)Oc2ccc(S(=O)(=O)[O-])cc2[N+](=O)[O-])cc1. The molecule has 0 aliphatic carbocycles. The molecule has 0 bridgehead atoms. The van der Waals surface area contributed by atoms with Crippen molar-refractivity contribution in [1.82, 2.24) is 0 Å². The maximum Gasteiger partial charge on any atom is 0.339 e. The van der Waals surface area contributed by atoms with E-state index in [-0.39, 0.29) is 32.0 Å². The molecule has 292 valence electrons. The lowest BCUT2D eigenvalue weighted by molar-refractivity contribution is -0.385. The minimum Gasteiger partial charge on any atom is -0.744 e. The van der Waals surface area contributed by atoms with E-state index >= 15 is 0 Å². The quantitative estimate of drug-likeness (QED) is 0.0496. The Morgan fingerprint density at radius 1 is 0.545 bits per heavy atom. The Hall–Kier alpha value is -4.49. The molecule has 0 amide bonds. The average molecular weight is 804 g/mol. The summed E-state index contributed by atoms with van der Waals surface area (Å²) in [5.74, 6) is -0.701. The van der Waals surface area contributed by atoms with E-state index in [0.29, 0.717) is 6.07 Å². The molecule has 0 aliphatic rings. The van der Waals surface area contributed by atoms with Gasteiger partial charge in [-0.2, -0.15) is 8.42 Å². The van der Waals surface area contributed by atoms with Gasteiger partial charge in [0, 0.05) is 6.07 Å². The summed E-state index contributed by atoms with van der Waals surface area (Å²) in [5, 5.41) is 11.0. The maximum atomic E-state index is 12.1. The normalized spacial score (nSPS) is 12.5. The van der Waals surface area contributed by atoms with Crippen molar-refractivity contribution < 1.29 is 30.5 Å². The fraction of sp³-hybridized carbons (Fsp3) is 0.302. The highest BCUT2D eigenvalue weighted by molar-refractivity contribution is 7.97. The second kappa shape index (κ2) is 16.3. The molecule has 55 heavy (non-hydrogen) atoms. The number of nitrogens with zero attached hydrogens (tertiary/aromatic N) is 1. The number of benzene rings is 5. The van der Waals surface area contributed by atoms with Gasteiger partial charge in [-0.25, -0.2) is 8.42 Å². The molecule has 0 saturated heterocycles. The van der Waals surface area contributed by atoms with E-state index < -0.39 is 41.5 Å². The highest BCUT2D eigenvalue weighted by Crippen LogP contribution is 2.36. The molecule has 0 N–H and O–H groups in total. The molecule has 9 nitrogen and oxygen atoms in total. The standard InChI is InChI=1S/C30H39S.C13H11NO8S2/c1-28(2,3)22-10-16-25(17-11-22)31(26-18-12-23(13-19-26)29(4,5)6)27-20-14-24(15-21-27)30(7,8)9;1-9-2-4-10(5-3-9)24(20,21)22-13-7-6-11(23(17,18)19)8-12(13)14(15)16/h10-21H,1-9H3;2-8H,1H3,(H,17,18,19)/q+1;/p-1. The van der Waals surface area contributed by atoms with E-state index in [1.54, 1.807) is 6.92 Å². The molecule has 0 heterocycles. The van der Waals surface area contributed by atoms with Gasteiger partial charge in [0.1, 0.15) is 15.0 Å². The summed E-state index contributed by atoms with van der Waals surface area (Å²) in [7, 11) is -9.42. The Morgan fingerprint density at radius 2 is 0.891 bits per heavy atom. The Bertz CT molecular complexity index is 2200. The topological polar surface area (TPSA) is 144 Å². The molecule has 12 heteroatoms. The third-order valence-electron chi connectivity index (χ3n) is 8.79. The van der Waals surface area contributed by atoms with Gasteiger partial charge < -0.3 is 8.74 Å². The van der Waals surface area contributed by atoms with Crippen LogP contribution >= 0.6 is 0 Å². The molecule has 5 rings (SSSR count). The fourth-order valence-electron chi connectivity index (χ4n) is 5.42. The number of aryl methyl sites for hydroxylation is 1. The summed E-state index contributed by atoms with van der Waals surface area (Å²) in [5.41, 5.74) is 4.48. The van der Waals surface area contributed by atoms with Crippen molar-refractivity contribution in [2.75, 3.05) is 0 Å². The van der Waals surface area contributed by atoms with Gasteiger partial charge >= 0.3 is 15.8 Å². The first-order valence-corrected chi connectivity index (χ1v) is 21.6. The van der Waals surface area contributed by atoms with Crippen LogP contribution in [0, 0.1) is 17.0 Å². The Balaban J connectivity index is 0.000000253. The highest BCUT2D eigenvalue weighted by Gasteiger charge is 2.31. The van der Waals surface area contributed by atoms with Crippen LogP contribution in [0.15, 0.2) is 140 Å². The average Bonchev–Trinajstić information content (AvgIpc) is 3.08. The number of nitro groups is 1. The molecule has 5 aromatic rings. The Labute approximate surface area is 329 Å². The van der Waals surface area contributed by atoms with Crippen molar-refractivity contribution in [3.8, 4) is 5.75 Å². The van der Waals surface area contributed by atoms with Crippen molar-refractivity contribution in [3.63, 3.8) is 0 Å². The summed E-state index contributed by atoms with van der Waals surface area (Å²) in [4.78, 5) is 13.0. The molecular weight excluding hydrogens is 755 g/mol. The zero-order valence-corrected chi connectivity index (χ0v) is 35.4. The van der Waals surface area contributed by atoms with Gasteiger partial charge in [-0.3, -0.25) is 10.1 Å². The minimum absolute atomic E-state index is 0.120. The maximum absolute atomic E-state index is 12.1. The third-order valence-corrected chi connectivity index (χ3v) is 13.1. The first-order valence-electron chi connectivity index (χ1n) is 17.6. The third kappa shape index (κ3) is 11.3. The van der Waals surface area contributed by atoms with Crippen LogP contribution in [-0.2, 0) is 47.4 Å². The smallest absolute Gasteiger partial charge is 0.339 e. The predicted octanol–water partition coefficient (Wildman–Crippen LogP) is 10.2. The van der Waals surface area contributed by atoms with E-state index in [1.165, 1.54) is 55.6 Å². The van der Waals surface area contributed by atoms with Crippen LogP contribution in [0.25, 0.3) is 0 Å². The minimum atomic E-state index is -4.94. The molecule has 0 saturated carbocycles. The van der Waals surface area contributed by atoms with Crippen LogP contribution in [0.2, 0.25) is 0 Å². The number of rotatable bonds is 8. The molecule has 5 aromatic carbocycles. The van der Waals surface area contributed by atoms with Crippen LogP contribution < -0.4 is 4.18 Å². The van der Waals surface area contributed by atoms with E-state index in [9.17, 15) is 31.5 Å². The van der Waals surface area contributed by atoms with Crippen LogP contribution in [0.5, 0.6) is 5.75 Å². The Morgan fingerprint density at radius 3 is 1.20 bits per heavy atom. The largest absolute Gasteiger partial charge is 0.744 e. The number of hydrogen-bond acceptors (Lipinski definition) is 8. The van der Waals surface area contributed by atoms with Crippen molar-refractivity contribution in [2.24, 2.45) is 0 Å². The van der Waals surface area contributed by atoms with E-state index in [0.717, 1.165) is 17.7 Å². The first-order chi connectivity index (χ1) is 25.3. The summed E-state index contributed by atoms with van der Waals surface area (Å²) < 4.78 is 61.8. The van der Waals surface area contributed by atoms with Gasteiger partial charge in [0.2, 0.25) is 5.75 Å². The Kier molecular flexibility index (Phi) is 12.8. The van der Waals surface area contributed by atoms with Crippen LogP contribution in [0.1, 0.15) is 84.6 Å². The second-order valence-corrected chi connectivity index (χ2v) is 21.3. The molecule has 0 atom stereocenters. The van der Waals surface area contributed by atoms with Crippen LogP contribution in [0.4, 0.5) is 5.69 Å². The van der Waals surface area contributed by atoms with Gasteiger partial charge in [-0.15, -0.1) is 0 Å². The summed E-state index contributed by atoms with van der Waals surface area (Å²) in [6.07, 6.45) is 0. The van der Waals surface area contributed by atoms with Crippen molar-refractivity contribution in [3.05, 3.63) is 148 Å². The summed E-state index contributed by atoms with van der Waals surface area (Å²) >= 11 is 0. The summed E-state index contributed by atoms with van der Waals surface area (Å²) in [6.45, 7) is 22.2. The highest BCUT2D eigenvalue weighted by atomic mass is 32.2. The molecule has 0 spiro atoms. The van der Waals surface area contributed by atoms with Crippen molar-refractivity contribution >= 4 is 36.8 Å². The molecular formula is C43H49NO8S3. The van der Waals surface area contributed by atoms with Gasteiger partial charge in [-0.1, -0.05) is 116 Å². The molecule has 0 aliphatic heterocycles. The lowest BCUT2D eigenvalue weighted by Gasteiger charge is -2.21. The van der Waals surface area contributed by atoms with E-state index in [1.807, 2.05) is 0 Å². The van der Waals surface area contributed by atoms with Gasteiger partial charge in [0.15, 0.2) is 14.7 Å². The lowest BCUT2D eigenvalue weighted by Crippen LogP contribution is -2.13. The predicted molar refractivity (Wildman–Crippen MR) is 218 cm³/mol.